The van der Waals surface area contributed by atoms with Gasteiger partial charge in [-0.25, -0.2) is 4.98 Å². The van der Waals surface area contributed by atoms with Crippen molar-refractivity contribution in [2.24, 2.45) is 0 Å². The van der Waals surface area contributed by atoms with Crippen LogP contribution in [0.25, 0.3) is 11.0 Å². The van der Waals surface area contributed by atoms with Gasteiger partial charge in [-0.1, -0.05) is 36.4 Å². The fourth-order valence-corrected chi connectivity index (χ4v) is 3.65. The number of fused-ring (bicyclic) bond motifs is 1. The zero-order valence-electron chi connectivity index (χ0n) is 18.0. The summed E-state index contributed by atoms with van der Waals surface area (Å²) in [5.74, 6) is 0.639. The second-order valence-electron chi connectivity index (χ2n) is 7.55. The maximum atomic E-state index is 13.6. The maximum absolute atomic E-state index is 13.6. The van der Waals surface area contributed by atoms with Crippen molar-refractivity contribution in [2.45, 2.75) is 19.3 Å². The first-order chi connectivity index (χ1) is 16.4. The van der Waals surface area contributed by atoms with E-state index in [2.05, 4.69) is 10.3 Å². The number of carbonyl (C=O) groups is 1. The van der Waals surface area contributed by atoms with Crippen LogP contribution in [0.15, 0.2) is 72.8 Å². The lowest BCUT2D eigenvalue weighted by atomic mass is 10.1. The molecule has 1 aromatic heterocycles. The number of benzene rings is 3. The number of aromatic nitrogens is 2. The lowest BCUT2D eigenvalue weighted by molar-refractivity contribution is -0.138. The summed E-state index contributed by atoms with van der Waals surface area (Å²) in [6.07, 6.45) is -4.49. The number of nitrogens with zero attached hydrogens (tertiary/aromatic N) is 2. The third kappa shape index (κ3) is 5.20. The molecule has 1 heterocycles. The molecule has 0 spiro atoms. The van der Waals surface area contributed by atoms with Gasteiger partial charge >= 0.3 is 6.18 Å². The number of rotatable bonds is 8. The molecule has 4 rings (SSSR count). The summed E-state index contributed by atoms with van der Waals surface area (Å²) in [5, 5.41) is 11.5. The van der Waals surface area contributed by atoms with Crippen molar-refractivity contribution < 1.29 is 27.8 Å². The summed E-state index contributed by atoms with van der Waals surface area (Å²) in [5.41, 5.74) is 0.735. The molecule has 0 radical (unpaired) electrons. The van der Waals surface area contributed by atoms with Crippen LogP contribution in [0.2, 0.25) is 0 Å². The van der Waals surface area contributed by atoms with Gasteiger partial charge in [-0.15, -0.1) is 0 Å². The van der Waals surface area contributed by atoms with Crippen LogP contribution in [0.5, 0.6) is 5.75 Å². The first-order valence-corrected chi connectivity index (χ1v) is 10.6. The van der Waals surface area contributed by atoms with Gasteiger partial charge in [0.05, 0.1) is 29.7 Å². The fourth-order valence-electron chi connectivity index (χ4n) is 3.65. The standard InChI is InChI=1S/C25H22F3N3O3/c26-25(27,28)20-9-5-4-6-18(20)15-31-22-11-10-17(24(33)29-12-13-32)14-21(22)30-23(31)16-34-19-7-2-1-3-8-19/h1-11,14,32H,12-13,15-16H2,(H,29,33). The van der Waals surface area contributed by atoms with E-state index in [-0.39, 0.29) is 37.8 Å². The summed E-state index contributed by atoms with van der Waals surface area (Å²) in [7, 11) is 0. The number of para-hydroxylation sites is 1. The van der Waals surface area contributed by atoms with E-state index in [0.717, 1.165) is 6.07 Å². The van der Waals surface area contributed by atoms with Crippen LogP contribution in [-0.4, -0.2) is 33.7 Å². The van der Waals surface area contributed by atoms with Crippen LogP contribution in [0.1, 0.15) is 27.3 Å². The van der Waals surface area contributed by atoms with E-state index in [0.29, 0.717) is 28.2 Å². The van der Waals surface area contributed by atoms with E-state index in [1.807, 2.05) is 18.2 Å². The van der Waals surface area contributed by atoms with Crippen molar-refractivity contribution in [1.29, 1.82) is 0 Å². The van der Waals surface area contributed by atoms with E-state index in [1.54, 1.807) is 41.0 Å². The Hall–Kier alpha value is -3.85. The molecule has 34 heavy (non-hydrogen) atoms. The second-order valence-corrected chi connectivity index (χ2v) is 7.55. The molecule has 1 amide bonds. The first-order valence-electron chi connectivity index (χ1n) is 10.6. The van der Waals surface area contributed by atoms with Crippen LogP contribution >= 0.6 is 0 Å². The van der Waals surface area contributed by atoms with Crippen molar-refractivity contribution in [2.75, 3.05) is 13.2 Å². The van der Waals surface area contributed by atoms with Gasteiger partial charge in [0.25, 0.3) is 5.91 Å². The summed E-state index contributed by atoms with van der Waals surface area (Å²) in [4.78, 5) is 16.9. The summed E-state index contributed by atoms with van der Waals surface area (Å²) in [6.45, 7) is -0.132. The van der Waals surface area contributed by atoms with Gasteiger partial charge in [0.15, 0.2) is 0 Å². The normalized spacial score (nSPS) is 11.5. The predicted octanol–water partition coefficient (Wildman–Crippen LogP) is 4.40. The third-order valence-electron chi connectivity index (χ3n) is 5.25. The van der Waals surface area contributed by atoms with Gasteiger partial charge in [-0.3, -0.25) is 4.79 Å². The number of alkyl halides is 3. The van der Waals surface area contributed by atoms with E-state index in [9.17, 15) is 18.0 Å². The van der Waals surface area contributed by atoms with Crippen LogP contribution in [0, 0.1) is 0 Å². The van der Waals surface area contributed by atoms with Crippen LogP contribution in [0.3, 0.4) is 0 Å². The van der Waals surface area contributed by atoms with Gasteiger partial charge in [-0.2, -0.15) is 13.2 Å². The highest BCUT2D eigenvalue weighted by molar-refractivity contribution is 5.97. The molecule has 0 aliphatic heterocycles. The number of nitrogens with one attached hydrogen (secondary N) is 1. The highest BCUT2D eigenvalue weighted by atomic mass is 19.4. The molecule has 0 saturated carbocycles. The van der Waals surface area contributed by atoms with Crippen molar-refractivity contribution in [3.8, 4) is 5.75 Å². The molecule has 6 nitrogen and oxygen atoms in total. The van der Waals surface area contributed by atoms with Gasteiger partial charge in [0.2, 0.25) is 0 Å². The Balaban J connectivity index is 1.74. The number of aliphatic hydroxyl groups excluding tert-OH is 1. The summed E-state index contributed by atoms with van der Waals surface area (Å²) in [6, 6.07) is 19.2. The number of imidazole rings is 1. The van der Waals surface area contributed by atoms with Gasteiger partial charge in [-0.05, 0) is 42.0 Å². The SMILES string of the molecule is O=C(NCCO)c1ccc2c(c1)nc(COc1ccccc1)n2Cc1ccccc1C(F)(F)F. The number of hydrogen-bond acceptors (Lipinski definition) is 4. The van der Waals surface area contributed by atoms with Crippen molar-refractivity contribution in [1.82, 2.24) is 14.9 Å². The van der Waals surface area contributed by atoms with Gasteiger partial charge < -0.3 is 19.7 Å². The van der Waals surface area contributed by atoms with Crippen molar-refractivity contribution >= 4 is 16.9 Å². The molecule has 0 atom stereocenters. The molecule has 0 unspecified atom stereocenters. The van der Waals surface area contributed by atoms with Crippen molar-refractivity contribution in [3.63, 3.8) is 0 Å². The number of halogens is 3. The number of aliphatic hydroxyl groups is 1. The fraction of sp³-hybridized carbons (Fsp3) is 0.200. The molecule has 0 bridgehead atoms. The molecule has 0 saturated heterocycles. The number of amides is 1. The lowest BCUT2D eigenvalue weighted by Gasteiger charge is -2.15. The molecule has 0 aliphatic rings. The van der Waals surface area contributed by atoms with Crippen molar-refractivity contribution in [3.05, 3.63) is 95.3 Å². The largest absolute Gasteiger partial charge is 0.486 e. The minimum Gasteiger partial charge on any atom is -0.486 e. The summed E-state index contributed by atoms with van der Waals surface area (Å²) < 4.78 is 48.3. The Morgan fingerprint density at radius 1 is 1.03 bits per heavy atom. The second kappa shape index (κ2) is 9.96. The highest BCUT2D eigenvalue weighted by Gasteiger charge is 2.33. The quantitative estimate of drug-likeness (QED) is 0.401. The van der Waals surface area contributed by atoms with Crippen LogP contribution in [-0.2, 0) is 19.3 Å². The Morgan fingerprint density at radius 3 is 2.50 bits per heavy atom. The van der Waals surface area contributed by atoms with E-state index in [1.165, 1.54) is 12.1 Å². The lowest BCUT2D eigenvalue weighted by Crippen LogP contribution is -2.26. The third-order valence-corrected chi connectivity index (χ3v) is 5.25. The molecule has 3 aromatic carbocycles. The highest BCUT2D eigenvalue weighted by Crippen LogP contribution is 2.33. The number of hydrogen-bond donors (Lipinski definition) is 2. The predicted molar refractivity (Wildman–Crippen MR) is 120 cm³/mol. The molecule has 9 heteroatoms. The monoisotopic (exact) mass is 469 g/mol. The topological polar surface area (TPSA) is 76.4 Å². The molecule has 0 aliphatic carbocycles. The van der Waals surface area contributed by atoms with Crippen LogP contribution in [0.4, 0.5) is 13.2 Å². The maximum Gasteiger partial charge on any atom is 0.416 e. The molecule has 176 valence electrons. The van der Waals surface area contributed by atoms with E-state index < -0.39 is 11.7 Å². The Labute approximate surface area is 193 Å². The smallest absolute Gasteiger partial charge is 0.416 e. The summed E-state index contributed by atoms with van der Waals surface area (Å²) >= 11 is 0. The molecular formula is C25H22F3N3O3. The van der Waals surface area contributed by atoms with E-state index >= 15 is 0 Å². The average molecular weight is 469 g/mol. The van der Waals surface area contributed by atoms with Gasteiger partial charge in [0.1, 0.15) is 18.2 Å². The molecular weight excluding hydrogens is 447 g/mol. The minimum atomic E-state index is -4.49. The number of ether oxygens (including phenoxy) is 1. The molecule has 4 aromatic rings. The Morgan fingerprint density at radius 2 is 1.76 bits per heavy atom. The Bertz CT molecular complexity index is 1290. The number of carbonyl (C=O) groups excluding carboxylic acids is 1. The molecule has 2 N–H and O–H groups in total. The first kappa shape index (κ1) is 23.3. The zero-order valence-corrected chi connectivity index (χ0v) is 18.0. The zero-order chi connectivity index (χ0) is 24.1. The van der Waals surface area contributed by atoms with Crippen LogP contribution < -0.4 is 10.1 Å². The minimum absolute atomic E-state index is 0.0267. The average Bonchev–Trinajstić information content (AvgIpc) is 3.18. The Kier molecular flexibility index (Phi) is 6.83. The van der Waals surface area contributed by atoms with Gasteiger partial charge in [0, 0.05) is 12.1 Å². The van der Waals surface area contributed by atoms with E-state index in [4.69, 9.17) is 9.84 Å². The molecule has 0 fully saturated rings.